The van der Waals surface area contributed by atoms with E-state index in [4.69, 9.17) is 10.00 Å². The summed E-state index contributed by atoms with van der Waals surface area (Å²) in [5.74, 6) is -0.331. The summed E-state index contributed by atoms with van der Waals surface area (Å²) in [4.78, 5) is 10.9. The lowest BCUT2D eigenvalue weighted by molar-refractivity contribution is -0.117. The van der Waals surface area contributed by atoms with E-state index in [1.165, 1.54) is 0 Å². The van der Waals surface area contributed by atoms with Crippen LogP contribution in [0.25, 0.3) is 0 Å². The molecule has 0 aromatic carbocycles. The molecule has 0 saturated carbocycles. The zero-order valence-electron chi connectivity index (χ0n) is 6.67. The second-order valence-corrected chi connectivity index (χ2v) is 2.69. The van der Waals surface area contributed by atoms with Crippen LogP contribution in [0.2, 0.25) is 0 Å². The van der Waals surface area contributed by atoms with Gasteiger partial charge in [-0.15, -0.1) is 0 Å². The first-order valence-electron chi connectivity index (χ1n) is 3.66. The maximum atomic E-state index is 10.9. The fraction of sp³-hybridized carbons (Fsp3) is 0.500. The molecule has 1 N–H and O–H groups in total. The Labute approximate surface area is 70.8 Å². The fourth-order valence-corrected chi connectivity index (χ4v) is 1.07. The molecule has 1 rings (SSSR count). The van der Waals surface area contributed by atoms with Gasteiger partial charge in [0.1, 0.15) is 0 Å². The molecule has 4 nitrogen and oxygen atoms in total. The zero-order valence-corrected chi connectivity index (χ0v) is 6.67. The molecule has 0 bridgehead atoms. The number of nitrogens with one attached hydrogen (secondary N) is 1. The van der Waals surface area contributed by atoms with Crippen LogP contribution in [0, 0.1) is 11.3 Å². The van der Waals surface area contributed by atoms with Crippen molar-refractivity contribution in [2.45, 2.75) is 12.0 Å². The van der Waals surface area contributed by atoms with Crippen LogP contribution >= 0.6 is 0 Å². The first-order chi connectivity index (χ1) is 5.72. The molecule has 1 saturated heterocycles. The number of rotatable bonds is 2. The van der Waals surface area contributed by atoms with Crippen LogP contribution in [0.1, 0.15) is 6.42 Å². The van der Waals surface area contributed by atoms with Crippen molar-refractivity contribution in [1.82, 2.24) is 5.32 Å². The largest absolute Gasteiger partial charge is 0.378 e. The number of nitrogens with zero attached hydrogens (tertiary/aromatic N) is 1. The van der Waals surface area contributed by atoms with E-state index >= 15 is 0 Å². The molecular formula is C8H10N2O2. The highest BCUT2D eigenvalue weighted by Gasteiger charge is 2.35. The third-order valence-corrected chi connectivity index (χ3v) is 1.78. The Morgan fingerprint density at radius 2 is 2.58 bits per heavy atom. The van der Waals surface area contributed by atoms with Gasteiger partial charge in [0.05, 0.1) is 19.3 Å². The van der Waals surface area contributed by atoms with Gasteiger partial charge in [-0.05, 0) is 6.08 Å². The summed E-state index contributed by atoms with van der Waals surface area (Å²) in [6.45, 7) is 4.09. The standard InChI is InChI=1S/C8H10N2O2/c1-2-7(11)10-8(5-9)3-4-12-6-8/h2H,1,3-4,6H2,(H,10,11)/t8-/m1/s1. The molecule has 1 amide bonds. The number of carbonyl (C=O) groups is 1. The topological polar surface area (TPSA) is 62.1 Å². The molecule has 1 aliphatic heterocycles. The first kappa shape index (κ1) is 8.75. The van der Waals surface area contributed by atoms with Crippen molar-refractivity contribution >= 4 is 5.91 Å². The molecule has 0 spiro atoms. The number of amides is 1. The second kappa shape index (κ2) is 3.37. The molecule has 0 unspecified atom stereocenters. The Kier molecular flexibility index (Phi) is 2.46. The van der Waals surface area contributed by atoms with E-state index in [2.05, 4.69) is 11.9 Å². The quantitative estimate of drug-likeness (QED) is 0.586. The lowest BCUT2D eigenvalue weighted by Crippen LogP contribution is -2.47. The monoisotopic (exact) mass is 166 g/mol. The third-order valence-electron chi connectivity index (χ3n) is 1.78. The Hall–Kier alpha value is -1.34. The number of ether oxygens (including phenoxy) is 1. The van der Waals surface area contributed by atoms with Gasteiger partial charge < -0.3 is 10.1 Å². The Bertz CT molecular complexity index is 236. The van der Waals surface area contributed by atoms with Crippen molar-refractivity contribution in [3.05, 3.63) is 12.7 Å². The van der Waals surface area contributed by atoms with Crippen LogP contribution in [0.4, 0.5) is 0 Å². The van der Waals surface area contributed by atoms with Gasteiger partial charge in [-0.25, -0.2) is 0 Å². The second-order valence-electron chi connectivity index (χ2n) is 2.69. The minimum absolute atomic E-state index is 0.267. The molecule has 0 aliphatic carbocycles. The van der Waals surface area contributed by atoms with Gasteiger partial charge >= 0.3 is 0 Å². The van der Waals surface area contributed by atoms with Crippen LogP contribution in [0.15, 0.2) is 12.7 Å². The lowest BCUT2D eigenvalue weighted by atomic mass is 10.0. The zero-order chi connectivity index (χ0) is 9.03. The molecular weight excluding hydrogens is 156 g/mol. The molecule has 1 fully saturated rings. The average molecular weight is 166 g/mol. The summed E-state index contributed by atoms with van der Waals surface area (Å²) < 4.78 is 5.03. The van der Waals surface area contributed by atoms with E-state index in [-0.39, 0.29) is 12.5 Å². The predicted molar refractivity (Wildman–Crippen MR) is 42.1 cm³/mol. The van der Waals surface area contributed by atoms with E-state index in [1.807, 2.05) is 6.07 Å². The molecule has 0 radical (unpaired) electrons. The third kappa shape index (κ3) is 1.63. The summed E-state index contributed by atoms with van der Waals surface area (Å²) in [6.07, 6.45) is 1.69. The van der Waals surface area contributed by atoms with Gasteiger partial charge in [-0.2, -0.15) is 5.26 Å². The molecule has 1 atom stereocenters. The van der Waals surface area contributed by atoms with Gasteiger partial charge in [0.15, 0.2) is 5.54 Å². The first-order valence-corrected chi connectivity index (χ1v) is 3.66. The number of hydrogen-bond donors (Lipinski definition) is 1. The van der Waals surface area contributed by atoms with E-state index in [0.29, 0.717) is 13.0 Å². The van der Waals surface area contributed by atoms with E-state index < -0.39 is 5.54 Å². The van der Waals surface area contributed by atoms with E-state index in [9.17, 15) is 4.79 Å². The van der Waals surface area contributed by atoms with Crippen molar-refractivity contribution in [2.75, 3.05) is 13.2 Å². The van der Waals surface area contributed by atoms with Crippen LogP contribution in [-0.4, -0.2) is 24.7 Å². The molecule has 12 heavy (non-hydrogen) atoms. The Morgan fingerprint density at radius 1 is 1.83 bits per heavy atom. The molecule has 1 heterocycles. The van der Waals surface area contributed by atoms with Gasteiger partial charge in [0.25, 0.3) is 0 Å². The van der Waals surface area contributed by atoms with Crippen molar-refractivity contribution in [3.63, 3.8) is 0 Å². The summed E-state index contributed by atoms with van der Waals surface area (Å²) in [5, 5.41) is 11.3. The van der Waals surface area contributed by atoms with Crippen LogP contribution in [0.5, 0.6) is 0 Å². The minimum atomic E-state index is -0.828. The van der Waals surface area contributed by atoms with E-state index in [0.717, 1.165) is 6.08 Å². The maximum Gasteiger partial charge on any atom is 0.244 e. The van der Waals surface area contributed by atoms with Crippen LogP contribution < -0.4 is 5.32 Å². The van der Waals surface area contributed by atoms with Crippen molar-refractivity contribution in [1.29, 1.82) is 5.26 Å². The van der Waals surface area contributed by atoms with Gasteiger partial charge in [0, 0.05) is 6.42 Å². The Balaban J connectivity index is 2.63. The molecule has 1 aliphatic rings. The highest BCUT2D eigenvalue weighted by atomic mass is 16.5. The van der Waals surface area contributed by atoms with Crippen LogP contribution in [0.3, 0.4) is 0 Å². The van der Waals surface area contributed by atoms with Gasteiger partial charge in [-0.1, -0.05) is 6.58 Å². The summed E-state index contributed by atoms with van der Waals surface area (Å²) >= 11 is 0. The van der Waals surface area contributed by atoms with Crippen molar-refractivity contribution in [3.8, 4) is 6.07 Å². The summed E-state index contributed by atoms with van der Waals surface area (Å²) in [5.41, 5.74) is -0.828. The normalized spacial score (nSPS) is 27.6. The number of nitriles is 1. The highest BCUT2D eigenvalue weighted by Crippen LogP contribution is 2.17. The molecule has 64 valence electrons. The maximum absolute atomic E-state index is 10.9. The van der Waals surface area contributed by atoms with Gasteiger partial charge in [-0.3, -0.25) is 4.79 Å². The predicted octanol–water partition coefficient (Wildman–Crippen LogP) is -0.0287. The number of hydrogen-bond acceptors (Lipinski definition) is 3. The molecule has 0 aromatic rings. The molecule has 4 heteroatoms. The number of carbonyl (C=O) groups excluding carboxylic acids is 1. The fourth-order valence-electron chi connectivity index (χ4n) is 1.07. The molecule has 0 aromatic heterocycles. The summed E-state index contributed by atoms with van der Waals surface area (Å²) in [6, 6.07) is 2.04. The van der Waals surface area contributed by atoms with Gasteiger partial charge in [0.2, 0.25) is 5.91 Å². The van der Waals surface area contributed by atoms with Crippen molar-refractivity contribution in [2.24, 2.45) is 0 Å². The van der Waals surface area contributed by atoms with E-state index in [1.54, 1.807) is 0 Å². The minimum Gasteiger partial charge on any atom is -0.378 e. The van der Waals surface area contributed by atoms with Crippen molar-refractivity contribution < 1.29 is 9.53 Å². The highest BCUT2D eigenvalue weighted by molar-refractivity contribution is 5.87. The Morgan fingerprint density at radius 3 is 3.00 bits per heavy atom. The SMILES string of the molecule is C=CC(=O)N[C@@]1(C#N)CCOC1. The average Bonchev–Trinajstić information content (AvgIpc) is 2.54. The smallest absolute Gasteiger partial charge is 0.244 e. The van der Waals surface area contributed by atoms with Crippen LogP contribution in [-0.2, 0) is 9.53 Å². The summed E-state index contributed by atoms with van der Waals surface area (Å²) in [7, 11) is 0. The lowest BCUT2D eigenvalue weighted by Gasteiger charge is -2.18.